The molecule has 0 aliphatic rings. The SMILES string of the molecule is CCCOc1ncnc(Nc2ccccc2OC)c1N. The molecule has 0 unspecified atom stereocenters. The molecule has 0 radical (unpaired) electrons. The minimum atomic E-state index is 0.381. The summed E-state index contributed by atoms with van der Waals surface area (Å²) in [6.07, 6.45) is 2.30. The van der Waals surface area contributed by atoms with Gasteiger partial charge >= 0.3 is 0 Å². The molecular formula is C14H18N4O2. The smallest absolute Gasteiger partial charge is 0.242 e. The van der Waals surface area contributed by atoms with Crippen LogP contribution in [-0.2, 0) is 0 Å². The summed E-state index contributed by atoms with van der Waals surface area (Å²) < 4.78 is 10.7. The number of para-hydroxylation sites is 2. The lowest BCUT2D eigenvalue weighted by Crippen LogP contribution is -2.06. The van der Waals surface area contributed by atoms with E-state index in [9.17, 15) is 0 Å². The molecule has 1 heterocycles. The second-order valence-corrected chi connectivity index (χ2v) is 4.11. The summed E-state index contributed by atoms with van der Waals surface area (Å²) in [6.45, 7) is 2.58. The van der Waals surface area contributed by atoms with Crippen molar-refractivity contribution in [3.8, 4) is 11.6 Å². The highest BCUT2D eigenvalue weighted by molar-refractivity contribution is 5.74. The first-order valence-corrected chi connectivity index (χ1v) is 6.39. The normalized spacial score (nSPS) is 10.1. The zero-order valence-corrected chi connectivity index (χ0v) is 11.6. The number of rotatable bonds is 6. The first kappa shape index (κ1) is 13.9. The van der Waals surface area contributed by atoms with Crippen LogP contribution < -0.4 is 20.5 Å². The predicted octanol–water partition coefficient (Wildman–Crippen LogP) is 2.60. The van der Waals surface area contributed by atoms with Gasteiger partial charge in [-0.1, -0.05) is 19.1 Å². The molecule has 0 amide bonds. The van der Waals surface area contributed by atoms with Crippen LogP contribution >= 0.6 is 0 Å². The van der Waals surface area contributed by atoms with E-state index in [0.29, 0.717) is 29.7 Å². The molecule has 0 atom stereocenters. The van der Waals surface area contributed by atoms with Crippen molar-refractivity contribution in [2.45, 2.75) is 13.3 Å². The van der Waals surface area contributed by atoms with Crippen molar-refractivity contribution in [2.75, 3.05) is 24.8 Å². The van der Waals surface area contributed by atoms with Gasteiger partial charge in [0.2, 0.25) is 5.88 Å². The summed E-state index contributed by atoms with van der Waals surface area (Å²) in [4.78, 5) is 8.17. The van der Waals surface area contributed by atoms with Crippen LogP contribution in [0.5, 0.6) is 11.6 Å². The standard InChI is InChI=1S/C14H18N4O2/c1-3-8-20-14-12(15)13(16-9-17-14)18-10-6-4-5-7-11(10)19-2/h4-7,9H,3,8,15H2,1-2H3,(H,16,17,18). The molecule has 2 rings (SSSR count). The lowest BCUT2D eigenvalue weighted by molar-refractivity contribution is 0.307. The highest BCUT2D eigenvalue weighted by Gasteiger charge is 2.11. The molecule has 1 aromatic heterocycles. The van der Waals surface area contributed by atoms with Crippen molar-refractivity contribution < 1.29 is 9.47 Å². The van der Waals surface area contributed by atoms with E-state index >= 15 is 0 Å². The minimum absolute atomic E-state index is 0.381. The molecule has 0 saturated heterocycles. The van der Waals surface area contributed by atoms with Crippen LogP contribution in [0.25, 0.3) is 0 Å². The van der Waals surface area contributed by atoms with Gasteiger partial charge in [-0.3, -0.25) is 0 Å². The van der Waals surface area contributed by atoms with Crippen LogP contribution in [0.2, 0.25) is 0 Å². The van der Waals surface area contributed by atoms with Crippen molar-refractivity contribution in [1.29, 1.82) is 0 Å². The molecular weight excluding hydrogens is 256 g/mol. The van der Waals surface area contributed by atoms with Gasteiger partial charge < -0.3 is 20.5 Å². The first-order valence-electron chi connectivity index (χ1n) is 6.39. The van der Waals surface area contributed by atoms with Gasteiger partial charge in [-0.05, 0) is 18.6 Å². The molecule has 3 N–H and O–H groups in total. The highest BCUT2D eigenvalue weighted by Crippen LogP contribution is 2.31. The second-order valence-electron chi connectivity index (χ2n) is 4.11. The van der Waals surface area contributed by atoms with Gasteiger partial charge in [-0.25, -0.2) is 4.98 Å². The molecule has 0 spiro atoms. The van der Waals surface area contributed by atoms with E-state index in [2.05, 4.69) is 15.3 Å². The summed E-state index contributed by atoms with van der Waals surface area (Å²) >= 11 is 0. The van der Waals surface area contributed by atoms with Crippen molar-refractivity contribution in [1.82, 2.24) is 9.97 Å². The summed E-state index contributed by atoms with van der Waals surface area (Å²) in [6, 6.07) is 7.53. The van der Waals surface area contributed by atoms with E-state index in [4.69, 9.17) is 15.2 Å². The molecule has 1 aromatic carbocycles. The van der Waals surface area contributed by atoms with E-state index in [-0.39, 0.29) is 0 Å². The quantitative estimate of drug-likeness (QED) is 0.842. The van der Waals surface area contributed by atoms with Crippen molar-refractivity contribution >= 4 is 17.2 Å². The number of hydrogen-bond acceptors (Lipinski definition) is 6. The highest BCUT2D eigenvalue weighted by atomic mass is 16.5. The first-order chi connectivity index (χ1) is 9.76. The van der Waals surface area contributed by atoms with E-state index < -0.39 is 0 Å². The Hall–Kier alpha value is -2.50. The number of benzene rings is 1. The topological polar surface area (TPSA) is 82.3 Å². The lowest BCUT2D eigenvalue weighted by Gasteiger charge is -2.13. The summed E-state index contributed by atoms with van der Waals surface area (Å²) in [7, 11) is 1.61. The molecule has 6 heteroatoms. The zero-order chi connectivity index (χ0) is 14.4. The average molecular weight is 274 g/mol. The number of methoxy groups -OCH3 is 1. The molecule has 0 saturated carbocycles. The van der Waals surface area contributed by atoms with Gasteiger partial charge in [0.15, 0.2) is 5.82 Å². The minimum Gasteiger partial charge on any atom is -0.495 e. The largest absolute Gasteiger partial charge is 0.495 e. The number of anilines is 3. The van der Waals surface area contributed by atoms with Crippen LogP contribution in [0, 0.1) is 0 Å². The third-order valence-electron chi connectivity index (χ3n) is 2.65. The number of aromatic nitrogens is 2. The Morgan fingerprint density at radius 3 is 2.80 bits per heavy atom. The van der Waals surface area contributed by atoms with Crippen molar-refractivity contribution in [3.63, 3.8) is 0 Å². The molecule has 0 fully saturated rings. The molecule has 0 bridgehead atoms. The van der Waals surface area contributed by atoms with E-state index in [1.807, 2.05) is 31.2 Å². The Morgan fingerprint density at radius 1 is 1.25 bits per heavy atom. The lowest BCUT2D eigenvalue weighted by atomic mass is 10.3. The van der Waals surface area contributed by atoms with Crippen LogP contribution in [0.15, 0.2) is 30.6 Å². The monoisotopic (exact) mass is 274 g/mol. The molecule has 0 aliphatic carbocycles. The number of hydrogen-bond donors (Lipinski definition) is 2. The van der Waals surface area contributed by atoms with Gasteiger partial charge in [0.25, 0.3) is 0 Å². The molecule has 0 aliphatic heterocycles. The molecule has 20 heavy (non-hydrogen) atoms. The average Bonchev–Trinajstić information content (AvgIpc) is 2.48. The maximum absolute atomic E-state index is 6.01. The zero-order valence-electron chi connectivity index (χ0n) is 11.6. The fourth-order valence-electron chi connectivity index (χ4n) is 1.67. The van der Waals surface area contributed by atoms with Gasteiger partial charge in [-0.2, -0.15) is 4.98 Å². The van der Waals surface area contributed by atoms with Crippen LogP contribution in [-0.4, -0.2) is 23.7 Å². The fourth-order valence-corrected chi connectivity index (χ4v) is 1.67. The van der Waals surface area contributed by atoms with Crippen LogP contribution in [0.4, 0.5) is 17.2 Å². The third-order valence-corrected chi connectivity index (χ3v) is 2.65. The van der Waals surface area contributed by atoms with Gasteiger partial charge in [0.1, 0.15) is 17.8 Å². The van der Waals surface area contributed by atoms with E-state index in [0.717, 1.165) is 12.1 Å². The molecule has 6 nitrogen and oxygen atoms in total. The number of nitrogens with zero attached hydrogens (tertiary/aromatic N) is 2. The van der Waals surface area contributed by atoms with Gasteiger partial charge in [0.05, 0.1) is 19.4 Å². The maximum atomic E-state index is 6.01. The second kappa shape index (κ2) is 6.60. The maximum Gasteiger partial charge on any atom is 0.242 e. The summed E-state index contributed by atoms with van der Waals surface area (Å²) in [5.41, 5.74) is 7.17. The molecule has 2 aromatic rings. The number of nitrogen functional groups attached to an aromatic ring is 1. The fraction of sp³-hybridized carbons (Fsp3) is 0.286. The third kappa shape index (κ3) is 3.09. The van der Waals surface area contributed by atoms with E-state index in [1.165, 1.54) is 6.33 Å². The van der Waals surface area contributed by atoms with Gasteiger partial charge in [-0.15, -0.1) is 0 Å². The summed E-state index contributed by atoms with van der Waals surface area (Å²) in [5, 5.41) is 3.13. The molecule has 106 valence electrons. The predicted molar refractivity (Wildman–Crippen MR) is 78.5 cm³/mol. The van der Waals surface area contributed by atoms with Crippen LogP contribution in [0.1, 0.15) is 13.3 Å². The Bertz CT molecular complexity index is 575. The van der Waals surface area contributed by atoms with Crippen molar-refractivity contribution in [2.24, 2.45) is 0 Å². The Labute approximate surface area is 118 Å². The van der Waals surface area contributed by atoms with Crippen molar-refractivity contribution in [3.05, 3.63) is 30.6 Å². The Kier molecular flexibility index (Phi) is 4.60. The number of nitrogens with one attached hydrogen (secondary N) is 1. The Balaban J connectivity index is 2.25. The van der Waals surface area contributed by atoms with Crippen LogP contribution in [0.3, 0.4) is 0 Å². The Morgan fingerprint density at radius 2 is 2.05 bits per heavy atom. The number of ether oxygens (including phenoxy) is 2. The number of nitrogens with two attached hydrogens (primary N) is 1. The van der Waals surface area contributed by atoms with Gasteiger partial charge in [0, 0.05) is 0 Å². The van der Waals surface area contributed by atoms with E-state index in [1.54, 1.807) is 7.11 Å². The summed E-state index contributed by atoms with van der Waals surface area (Å²) in [5.74, 6) is 1.59.